The van der Waals surface area contributed by atoms with Crippen molar-refractivity contribution in [3.63, 3.8) is 0 Å². The average Bonchev–Trinajstić information content (AvgIpc) is 2.48. The lowest BCUT2D eigenvalue weighted by atomic mass is 10.2. The molecule has 3 nitrogen and oxygen atoms in total. The summed E-state index contributed by atoms with van der Waals surface area (Å²) in [4.78, 5) is 11.5. The van der Waals surface area contributed by atoms with Crippen LogP contribution in [0.3, 0.4) is 0 Å². The third-order valence-corrected chi connectivity index (χ3v) is 2.74. The van der Waals surface area contributed by atoms with Gasteiger partial charge in [-0.1, -0.05) is 54.1 Å². The minimum atomic E-state index is -0.285. The summed E-state index contributed by atoms with van der Waals surface area (Å²) in [5.41, 5.74) is 4.26. The Labute approximate surface area is 122 Å². The van der Waals surface area contributed by atoms with Crippen LogP contribution in [0.25, 0.3) is 6.08 Å². The van der Waals surface area contributed by atoms with Gasteiger partial charge in [0.1, 0.15) is 0 Å². The standard InChI is InChI=1S/C16H13ClN2O/c17-15-9-6-13(7-10-15)8-11-16(20)19-18-12-14-4-2-1-3-5-14/h1-12H,(H,19,20)/b11-8+,18-12-. The molecule has 100 valence electrons. The summed E-state index contributed by atoms with van der Waals surface area (Å²) in [5, 5.41) is 4.54. The Morgan fingerprint density at radius 2 is 1.70 bits per heavy atom. The fraction of sp³-hybridized carbons (Fsp3) is 0. The summed E-state index contributed by atoms with van der Waals surface area (Å²) in [5.74, 6) is -0.285. The molecule has 0 saturated heterocycles. The van der Waals surface area contributed by atoms with Crippen molar-refractivity contribution in [3.05, 3.63) is 76.8 Å². The highest BCUT2D eigenvalue weighted by Gasteiger charge is 1.93. The molecule has 2 rings (SSSR count). The molecule has 0 fully saturated rings. The van der Waals surface area contributed by atoms with Crippen molar-refractivity contribution in [1.29, 1.82) is 0 Å². The van der Waals surface area contributed by atoms with E-state index in [1.165, 1.54) is 6.08 Å². The van der Waals surface area contributed by atoms with Crippen molar-refractivity contribution in [2.24, 2.45) is 5.10 Å². The van der Waals surface area contributed by atoms with Gasteiger partial charge in [0.15, 0.2) is 0 Å². The van der Waals surface area contributed by atoms with Crippen molar-refractivity contribution in [2.75, 3.05) is 0 Å². The zero-order valence-corrected chi connectivity index (χ0v) is 11.4. The highest BCUT2D eigenvalue weighted by molar-refractivity contribution is 6.30. The minimum Gasteiger partial charge on any atom is -0.268 e. The predicted molar refractivity (Wildman–Crippen MR) is 82.7 cm³/mol. The Balaban J connectivity index is 1.86. The average molecular weight is 285 g/mol. The summed E-state index contributed by atoms with van der Waals surface area (Å²) < 4.78 is 0. The van der Waals surface area contributed by atoms with Crippen LogP contribution in [-0.2, 0) is 4.79 Å². The third-order valence-electron chi connectivity index (χ3n) is 2.49. The van der Waals surface area contributed by atoms with Gasteiger partial charge in [0.25, 0.3) is 5.91 Å². The second-order valence-corrected chi connectivity index (χ2v) is 4.47. The molecule has 0 atom stereocenters. The Kier molecular flexibility index (Phi) is 5.09. The molecule has 0 radical (unpaired) electrons. The van der Waals surface area contributed by atoms with E-state index in [0.717, 1.165) is 11.1 Å². The van der Waals surface area contributed by atoms with Crippen LogP contribution < -0.4 is 5.43 Å². The molecular formula is C16H13ClN2O. The molecule has 20 heavy (non-hydrogen) atoms. The molecule has 0 aliphatic rings. The fourth-order valence-electron chi connectivity index (χ4n) is 1.49. The molecule has 0 heterocycles. The van der Waals surface area contributed by atoms with Crippen LogP contribution in [0.15, 0.2) is 65.8 Å². The fourth-order valence-corrected chi connectivity index (χ4v) is 1.62. The van der Waals surface area contributed by atoms with Crippen molar-refractivity contribution < 1.29 is 4.79 Å². The Morgan fingerprint density at radius 1 is 1.00 bits per heavy atom. The van der Waals surface area contributed by atoms with Crippen LogP contribution in [0.5, 0.6) is 0 Å². The zero-order valence-electron chi connectivity index (χ0n) is 10.7. The normalized spacial score (nSPS) is 11.1. The van der Waals surface area contributed by atoms with Gasteiger partial charge < -0.3 is 0 Å². The first-order valence-corrected chi connectivity index (χ1v) is 6.43. The van der Waals surface area contributed by atoms with Crippen LogP contribution in [0.4, 0.5) is 0 Å². The molecule has 0 aliphatic heterocycles. The van der Waals surface area contributed by atoms with Gasteiger partial charge in [-0.2, -0.15) is 5.10 Å². The second kappa shape index (κ2) is 7.26. The van der Waals surface area contributed by atoms with Crippen LogP contribution >= 0.6 is 11.6 Å². The molecule has 0 aromatic heterocycles. The second-order valence-electron chi connectivity index (χ2n) is 4.03. The highest BCUT2D eigenvalue weighted by atomic mass is 35.5. The molecule has 0 bridgehead atoms. The number of nitrogens with one attached hydrogen (secondary N) is 1. The monoisotopic (exact) mass is 284 g/mol. The topological polar surface area (TPSA) is 41.5 Å². The molecule has 4 heteroatoms. The predicted octanol–water partition coefficient (Wildman–Crippen LogP) is 3.50. The molecule has 1 N–H and O–H groups in total. The van der Waals surface area contributed by atoms with Crippen LogP contribution in [0, 0.1) is 0 Å². The summed E-state index contributed by atoms with van der Waals surface area (Å²) in [6, 6.07) is 16.7. The summed E-state index contributed by atoms with van der Waals surface area (Å²) in [6.45, 7) is 0. The van der Waals surface area contributed by atoms with E-state index >= 15 is 0 Å². The third kappa shape index (κ3) is 4.71. The van der Waals surface area contributed by atoms with E-state index in [1.807, 2.05) is 42.5 Å². The van der Waals surface area contributed by atoms with Crippen LogP contribution in [0.2, 0.25) is 5.02 Å². The molecular weight excluding hydrogens is 272 g/mol. The first-order chi connectivity index (χ1) is 9.74. The molecule has 2 aromatic carbocycles. The van der Waals surface area contributed by atoms with Gasteiger partial charge in [-0.25, -0.2) is 5.43 Å². The SMILES string of the molecule is O=C(/C=C/c1ccc(Cl)cc1)N/N=C\c1ccccc1. The number of hydrogen-bond acceptors (Lipinski definition) is 2. The van der Waals surface area contributed by atoms with Gasteiger partial charge in [-0.15, -0.1) is 0 Å². The van der Waals surface area contributed by atoms with Crippen LogP contribution in [0.1, 0.15) is 11.1 Å². The number of benzene rings is 2. The lowest BCUT2D eigenvalue weighted by molar-refractivity contribution is -0.116. The summed E-state index contributed by atoms with van der Waals surface area (Å²) >= 11 is 5.78. The van der Waals surface area contributed by atoms with E-state index in [9.17, 15) is 4.79 Å². The number of halogens is 1. The van der Waals surface area contributed by atoms with Crippen molar-refractivity contribution in [1.82, 2.24) is 5.43 Å². The summed E-state index contributed by atoms with van der Waals surface area (Å²) in [6.07, 6.45) is 4.71. The first-order valence-electron chi connectivity index (χ1n) is 6.06. The minimum absolute atomic E-state index is 0.285. The lowest BCUT2D eigenvalue weighted by Crippen LogP contribution is -2.14. The van der Waals surface area contributed by atoms with Gasteiger partial charge in [0.2, 0.25) is 0 Å². The lowest BCUT2D eigenvalue weighted by Gasteiger charge is -1.95. The number of carbonyl (C=O) groups is 1. The van der Waals surface area contributed by atoms with Gasteiger partial charge in [0.05, 0.1) is 6.21 Å². The quantitative estimate of drug-likeness (QED) is 0.521. The van der Waals surface area contributed by atoms with E-state index in [4.69, 9.17) is 11.6 Å². The van der Waals surface area contributed by atoms with Gasteiger partial charge in [0, 0.05) is 11.1 Å². The van der Waals surface area contributed by atoms with Crippen molar-refractivity contribution in [2.45, 2.75) is 0 Å². The largest absolute Gasteiger partial charge is 0.268 e. The Hall–Kier alpha value is -2.39. The van der Waals surface area contributed by atoms with E-state index in [2.05, 4.69) is 10.5 Å². The van der Waals surface area contributed by atoms with Crippen molar-refractivity contribution >= 4 is 29.8 Å². The number of carbonyl (C=O) groups excluding carboxylic acids is 1. The number of nitrogens with zero attached hydrogens (tertiary/aromatic N) is 1. The smallest absolute Gasteiger partial charge is 0.264 e. The maximum Gasteiger partial charge on any atom is 0.264 e. The number of rotatable bonds is 4. The Morgan fingerprint density at radius 3 is 2.40 bits per heavy atom. The van der Waals surface area contributed by atoms with E-state index in [0.29, 0.717) is 5.02 Å². The van der Waals surface area contributed by atoms with Gasteiger partial charge in [-0.3, -0.25) is 4.79 Å². The zero-order chi connectivity index (χ0) is 14.2. The maximum absolute atomic E-state index is 11.5. The first kappa shape index (κ1) is 14.0. The van der Waals surface area contributed by atoms with Crippen LogP contribution in [-0.4, -0.2) is 12.1 Å². The number of amides is 1. The molecule has 0 unspecified atom stereocenters. The van der Waals surface area contributed by atoms with Crippen molar-refractivity contribution in [3.8, 4) is 0 Å². The van der Waals surface area contributed by atoms with E-state index in [-0.39, 0.29) is 5.91 Å². The number of hydrazone groups is 1. The van der Waals surface area contributed by atoms with Gasteiger partial charge in [-0.05, 0) is 29.3 Å². The molecule has 0 spiro atoms. The number of hydrogen-bond donors (Lipinski definition) is 1. The summed E-state index contributed by atoms with van der Waals surface area (Å²) in [7, 11) is 0. The highest BCUT2D eigenvalue weighted by Crippen LogP contribution is 2.10. The molecule has 1 amide bonds. The van der Waals surface area contributed by atoms with Gasteiger partial charge >= 0.3 is 0 Å². The molecule has 2 aromatic rings. The van der Waals surface area contributed by atoms with E-state index < -0.39 is 0 Å². The van der Waals surface area contributed by atoms with E-state index in [1.54, 1.807) is 24.4 Å². The molecule has 0 aliphatic carbocycles. The maximum atomic E-state index is 11.5. The Bertz CT molecular complexity index is 619. The molecule has 0 saturated carbocycles.